The first kappa shape index (κ1) is 10.0. The number of aromatic nitrogens is 1. The molecule has 15 heavy (non-hydrogen) atoms. The molecule has 1 fully saturated rings. The van der Waals surface area contributed by atoms with Crippen LogP contribution in [-0.4, -0.2) is 35.5 Å². The molecule has 1 aromatic heterocycles. The molecule has 4 N–H and O–H groups in total. The molecule has 1 aromatic rings. The van der Waals surface area contributed by atoms with Gasteiger partial charge in [0.05, 0.1) is 6.04 Å². The molecule has 1 atom stereocenters. The molecule has 0 radical (unpaired) electrons. The van der Waals surface area contributed by atoms with Crippen LogP contribution in [0.25, 0.3) is 0 Å². The molecule has 0 aliphatic carbocycles. The Kier molecular flexibility index (Phi) is 2.91. The van der Waals surface area contributed by atoms with E-state index in [0.717, 1.165) is 25.2 Å². The molecule has 1 aliphatic heterocycles. The molecule has 1 unspecified atom stereocenters. The van der Waals surface area contributed by atoms with Crippen molar-refractivity contribution in [3.05, 3.63) is 24.0 Å². The lowest BCUT2D eigenvalue weighted by atomic mass is 10.2. The highest BCUT2D eigenvalue weighted by molar-refractivity contribution is 5.77. The van der Waals surface area contributed by atoms with E-state index >= 15 is 0 Å². The molecule has 2 heterocycles. The van der Waals surface area contributed by atoms with Gasteiger partial charge in [0, 0.05) is 25.0 Å². The van der Waals surface area contributed by atoms with Gasteiger partial charge in [-0.05, 0) is 25.1 Å². The third-order valence-electron chi connectivity index (χ3n) is 2.62. The van der Waals surface area contributed by atoms with Crippen LogP contribution in [0.3, 0.4) is 0 Å². The summed E-state index contributed by atoms with van der Waals surface area (Å²) < 4.78 is 0. The Morgan fingerprint density at radius 1 is 1.60 bits per heavy atom. The van der Waals surface area contributed by atoms with E-state index in [-0.39, 0.29) is 12.1 Å². The van der Waals surface area contributed by atoms with Crippen LogP contribution >= 0.6 is 0 Å². The summed E-state index contributed by atoms with van der Waals surface area (Å²) in [5, 5.41) is 2.93. The fourth-order valence-electron chi connectivity index (χ4n) is 1.80. The van der Waals surface area contributed by atoms with Crippen LogP contribution in [-0.2, 0) is 0 Å². The maximum absolute atomic E-state index is 11.5. The third kappa shape index (κ3) is 2.12. The second-order valence-electron chi connectivity index (χ2n) is 3.72. The van der Waals surface area contributed by atoms with Gasteiger partial charge in [-0.2, -0.15) is 0 Å². The Bertz CT molecular complexity index is 322. The predicted molar refractivity (Wildman–Crippen MR) is 57.3 cm³/mol. The van der Waals surface area contributed by atoms with Gasteiger partial charge in [-0.1, -0.05) is 0 Å². The van der Waals surface area contributed by atoms with E-state index in [1.54, 1.807) is 4.90 Å². The van der Waals surface area contributed by atoms with Crippen LogP contribution in [0.4, 0.5) is 4.79 Å². The first-order chi connectivity index (χ1) is 7.31. The normalized spacial score (nSPS) is 20.7. The summed E-state index contributed by atoms with van der Waals surface area (Å²) in [5.74, 6) is 0. The number of nitrogens with one attached hydrogen (secondary N) is 2. The lowest BCUT2D eigenvalue weighted by Crippen LogP contribution is -2.30. The Morgan fingerprint density at radius 2 is 2.47 bits per heavy atom. The number of amides is 2. The minimum atomic E-state index is 0.00282. The number of carbonyl (C=O) groups excluding carboxylic acids is 1. The lowest BCUT2D eigenvalue weighted by molar-refractivity contribution is 0.217. The Balaban J connectivity index is 1.95. The number of rotatable bonds is 4. The van der Waals surface area contributed by atoms with Crippen molar-refractivity contribution in [1.82, 2.24) is 15.2 Å². The largest absolute Gasteiger partial charge is 0.363 e. The van der Waals surface area contributed by atoms with Crippen molar-refractivity contribution in [2.45, 2.75) is 12.5 Å². The van der Waals surface area contributed by atoms with Gasteiger partial charge in [-0.25, -0.2) is 4.79 Å². The smallest absolute Gasteiger partial charge is 0.318 e. The molecule has 1 aliphatic rings. The van der Waals surface area contributed by atoms with Crippen molar-refractivity contribution in [1.29, 1.82) is 0 Å². The van der Waals surface area contributed by atoms with Crippen LogP contribution in [0.15, 0.2) is 18.3 Å². The fraction of sp³-hybridized carbons (Fsp3) is 0.500. The lowest BCUT2D eigenvalue weighted by Gasteiger charge is -2.13. The van der Waals surface area contributed by atoms with E-state index in [9.17, 15) is 4.79 Å². The van der Waals surface area contributed by atoms with Crippen molar-refractivity contribution in [2.24, 2.45) is 5.73 Å². The maximum atomic E-state index is 11.5. The number of aromatic amines is 1. The highest BCUT2D eigenvalue weighted by atomic mass is 16.2. The zero-order valence-corrected chi connectivity index (χ0v) is 8.57. The first-order valence-electron chi connectivity index (χ1n) is 5.20. The van der Waals surface area contributed by atoms with Crippen LogP contribution in [0.1, 0.15) is 18.2 Å². The van der Waals surface area contributed by atoms with Crippen molar-refractivity contribution in [3.8, 4) is 0 Å². The van der Waals surface area contributed by atoms with Gasteiger partial charge in [-0.3, -0.25) is 0 Å². The first-order valence-corrected chi connectivity index (χ1v) is 5.20. The zero-order valence-electron chi connectivity index (χ0n) is 8.57. The van der Waals surface area contributed by atoms with Gasteiger partial charge in [0.25, 0.3) is 0 Å². The summed E-state index contributed by atoms with van der Waals surface area (Å²) in [7, 11) is 0. The van der Waals surface area contributed by atoms with Crippen LogP contribution in [0, 0.1) is 0 Å². The van der Waals surface area contributed by atoms with Crippen molar-refractivity contribution in [2.75, 3.05) is 19.6 Å². The number of H-pyrrole nitrogens is 1. The Labute approximate surface area is 88.6 Å². The standard InChI is InChI=1S/C10H16N4O/c11-4-2-6-14-7-9(13-10(14)15)8-3-1-5-12-8/h1,3,5,9,12H,2,4,6-7,11H2,(H,13,15). The number of urea groups is 1. The number of hydrogen-bond acceptors (Lipinski definition) is 2. The number of nitrogens with zero attached hydrogens (tertiary/aromatic N) is 1. The predicted octanol–water partition coefficient (Wildman–Crippen LogP) is 0.430. The summed E-state index contributed by atoms with van der Waals surface area (Å²) in [5.41, 5.74) is 6.47. The van der Waals surface area contributed by atoms with Gasteiger partial charge in [0.2, 0.25) is 0 Å². The van der Waals surface area contributed by atoms with E-state index in [0.29, 0.717) is 6.54 Å². The van der Waals surface area contributed by atoms with E-state index in [1.807, 2.05) is 18.3 Å². The maximum Gasteiger partial charge on any atom is 0.318 e. The summed E-state index contributed by atoms with van der Waals surface area (Å²) in [6.45, 7) is 2.08. The van der Waals surface area contributed by atoms with Crippen LogP contribution in [0.5, 0.6) is 0 Å². The van der Waals surface area contributed by atoms with E-state index in [2.05, 4.69) is 10.3 Å². The van der Waals surface area contributed by atoms with Gasteiger partial charge in [0.1, 0.15) is 0 Å². The Morgan fingerprint density at radius 3 is 3.13 bits per heavy atom. The summed E-state index contributed by atoms with van der Waals surface area (Å²) in [4.78, 5) is 16.5. The molecule has 82 valence electrons. The van der Waals surface area contributed by atoms with Gasteiger partial charge < -0.3 is 20.9 Å². The van der Waals surface area contributed by atoms with Crippen LogP contribution < -0.4 is 11.1 Å². The summed E-state index contributed by atoms with van der Waals surface area (Å²) in [6.07, 6.45) is 2.72. The molecule has 2 amide bonds. The van der Waals surface area contributed by atoms with Gasteiger partial charge in [0.15, 0.2) is 0 Å². The number of nitrogens with two attached hydrogens (primary N) is 1. The zero-order chi connectivity index (χ0) is 10.7. The third-order valence-corrected chi connectivity index (χ3v) is 2.62. The minimum Gasteiger partial charge on any atom is -0.363 e. The van der Waals surface area contributed by atoms with Gasteiger partial charge >= 0.3 is 6.03 Å². The number of carbonyl (C=O) groups is 1. The SMILES string of the molecule is NCCCN1CC(c2ccc[nH]2)NC1=O. The minimum absolute atomic E-state index is 0.00282. The molecule has 0 bridgehead atoms. The molecule has 0 spiro atoms. The Hall–Kier alpha value is -1.49. The molecule has 2 rings (SSSR count). The molecule has 1 saturated heterocycles. The topological polar surface area (TPSA) is 74.2 Å². The molecule has 5 heteroatoms. The van der Waals surface area contributed by atoms with E-state index < -0.39 is 0 Å². The number of hydrogen-bond donors (Lipinski definition) is 3. The average Bonchev–Trinajstić information content (AvgIpc) is 2.83. The second-order valence-corrected chi connectivity index (χ2v) is 3.72. The van der Waals surface area contributed by atoms with E-state index in [4.69, 9.17) is 5.73 Å². The molecule has 5 nitrogen and oxygen atoms in total. The van der Waals surface area contributed by atoms with Crippen molar-refractivity contribution < 1.29 is 4.79 Å². The highest BCUT2D eigenvalue weighted by Crippen LogP contribution is 2.18. The molecular formula is C10H16N4O. The average molecular weight is 208 g/mol. The van der Waals surface area contributed by atoms with Crippen molar-refractivity contribution >= 4 is 6.03 Å². The fourth-order valence-corrected chi connectivity index (χ4v) is 1.80. The quantitative estimate of drug-likeness (QED) is 0.671. The monoisotopic (exact) mass is 208 g/mol. The van der Waals surface area contributed by atoms with Crippen LogP contribution in [0.2, 0.25) is 0 Å². The van der Waals surface area contributed by atoms with E-state index in [1.165, 1.54) is 0 Å². The second kappa shape index (κ2) is 4.35. The van der Waals surface area contributed by atoms with Gasteiger partial charge in [-0.15, -0.1) is 0 Å². The summed E-state index contributed by atoms with van der Waals surface area (Å²) in [6, 6.07) is 4.01. The highest BCUT2D eigenvalue weighted by Gasteiger charge is 2.29. The van der Waals surface area contributed by atoms with Crippen molar-refractivity contribution in [3.63, 3.8) is 0 Å². The summed E-state index contributed by atoms with van der Waals surface area (Å²) >= 11 is 0. The molecule has 0 saturated carbocycles. The molecule has 0 aromatic carbocycles. The molecular weight excluding hydrogens is 192 g/mol.